The number of nitrogens with one attached hydrogen (secondary N) is 2. The Morgan fingerprint density at radius 1 is 1.15 bits per heavy atom. The molecule has 0 atom stereocenters. The molecule has 0 aliphatic carbocycles. The quantitative estimate of drug-likeness (QED) is 0.749. The molecular formula is C11H16F3N3O2S. The van der Waals surface area contributed by atoms with Crippen molar-refractivity contribution in [1.29, 1.82) is 0 Å². The summed E-state index contributed by atoms with van der Waals surface area (Å²) in [5, 5.41) is 0. The van der Waals surface area contributed by atoms with Gasteiger partial charge >= 0.3 is 6.18 Å². The van der Waals surface area contributed by atoms with Crippen molar-refractivity contribution in [3.8, 4) is 0 Å². The third-order valence-corrected chi connectivity index (χ3v) is 3.44. The summed E-state index contributed by atoms with van der Waals surface area (Å²) in [6.07, 6.45) is -4.65. The van der Waals surface area contributed by atoms with Gasteiger partial charge in [-0.15, -0.1) is 0 Å². The van der Waals surface area contributed by atoms with Gasteiger partial charge in [-0.25, -0.2) is 0 Å². The molecule has 0 radical (unpaired) electrons. The summed E-state index contributed by atoms with van der Waals surface area (Å²) in [6.45, 7) is 4.82. The summed E-state index contributed by atoms with van der Waals surface area (Å²) in [6, 6.07) is 2.81. The van der Waals surface area contributed by atoms with Crippen LogP contribution in [0.4, 0.5) is 24.5 Å². The summed E-state index contributed by atoms with van der Waals surface area (Å²) >= 11 is 0. The number of alkyl halides is 3. The highest BCUT2D eigenvalue weighted by Crippen LogP contribution is 2.35. The summed E-state index contributed by atoms with van der Waals surface area (Å²) in [4.78, 5) is 0. The molecule has 5 nitrogen and oxygen atoms in total. The summed E-state index contributed by atoms with van der Waals surface area (Å²) in [5.41, 5.74) is 2.69. The Kier molecular flexibility index (Phi) is 4.25. The normalized spacial score (nSPS) is 13.3. The van der Waals surface area contributed by atoms with Gasteiger partial charge in [-0.1, -0.05) is 0 Å². The molecule has 0 bridgehead atoms. The first kappa shape index (κ1) is 16.6. The van der Waals surface area contributed by atoms with Gasteiger partial charge in [0.05, 0.1) is 11.3 Å². The molecule has 1 rings (SSSR count). The molecule has 0 aliphatic rings. The number of nitrogens with two attached hydrogens (primary N) is 1. The second-order valence-corrected chi connectivity index (χ2v) is 6.67. The average Bonchev–Trinajstić information content (AvgIpc) is 2.14. The zero-order valence-electron chi connectivity index (χ0n) is 11.2. The zero-order chi connectivity index (χ0) is 15.8. The Balaban J connectivity index is 3.06. The largest absolute Gasteiger partial charge is 0.418 e. The molecule has 0 amide bonds. The van der Waals surface area contributed by atoms with Gasteiger partial charge in [0.1, 0.15) is 0 Å². The zero-order valence-corrected chi connectivity index (χ0v) is 12.0. The first-order valence-corrected chi connectivity index (χ1v) is 7.07. The number of nitrogen functional groups attached to an aromatic ring is 1. The van der Waals surface area contributed by atoms with Crippen molar-refractivity contribution in [2.24, 2.45) is 0 Å². The van der Waals surface area contributed by atoms with Gasteiger partial charge in [0, 0.05) is 11.2 Å². The van der Waals surface area contributed by atoms with E-state index in [9.17, 15) is 21.6 Å². The van der Waals surface area contributed by atoms with Crippen LogP contribution in [0.2, 0.25) is 0 Å². The summed E-state index contributed by atoms with van der Waals surface area (Å²) in [5.74, 6) is 0. The van der Waals surface area contributed by atoms with E-state index in [1.165, 1.54) is 0 Å². The lowest BCUT2D eigenvalue weighted by Gasteiger charge is -2.21. The third kappa shape index (κ3) is 4.89. The summed E-state index contributed by atoms with van der Waals surface area (Å²) in [7, 11) is -3.98. The maximum absolute atomic E-state index is 12.7. The second kappa shape index (κ2) is 5.13. The van der Waals surface area contributed by atoms with E-state index < -0.39 is 33.2 Å². The molecule has 0 aliphatic heterocycles. The maximum Gasteiger partial charge on any atom is 0.418 e. The molecule has 0 aromatic heterocycles. The van der Waals surface area contributed by atoms with Crippen molar-refractivity contribution < 1.29 is 21.6 Å². The number of halogens is 3. The smallest absolute Gasteiger partial charge is 0.398 e. The Morgan fingerprint density at radius 3 is 2.15 bits per heavy atom. The number of hydrogen-bond donors (Lipinski definition) is 3. The van der Waals surface area contributed by atoms with Crippen molar-refractivity contribution in [2.75, 3.05) is 10.5 Å². The first-order valence-electron chi connectivity index (χ1n) is 5.59. The van der Waals surface area contributed by atoms with Crippen molar-refractivity contribution in [2.45, 2.75) is 32.5 Å². The van der Waals surface area contributed by atoms with E-state index in [0.29, 0.717) is 6.07 Å². The minimum atomic E-state index is -4.65. The van der Waals surface area contributed by atoms with Gasteiger partial charge in [-0.2, -0.15) is 26.3 Å². The lowest BCUT2D eigenvalue weighted by molar-refractivity contribution is -0.136. The standard InChI is InChI=1S/C11H16F3N3O2S/c1-10(2,3)17-20(18,19)16-7-4-5-9(15)8(6-7)11(12,13)14/h4-6,16-17H,15H2,1-3H3. The Labute approximate surface area is 115 Å². The summed E-state index contributed by atoms with van der Waals surface area (Å²) < 4.78 is 65.7. The van der Waals surface area contributed by atoms with E-state index in [2.05, 4.69) is 4.72 Å². The molecule has 4 N–H and O–H groups in total. The number of hydrogen-bond acceptors (Lipinski definition) is 3. The molecule has 114 valence electrons. The number of anilines is 2. The Hall–Kier alpha value is -1.48. The van der Waals surface area contributed by atoms with Crippen LogP contribution in [0.15, 0.2) is 18.2 Å². The Morgan fingerprint density at radius 2 is 1.70 bits per heavy atom. The van der Waals surface area contributed by atoms with Crippen LogP contribution in [0.25, 0.3) is 0 Å². The minimum Gasteiger partial charge on any atom is -0.398 e. The molecule has 0 saturated heterocycles. The predicted octanol–water partition coefficient (Wildman–Crippen LogP) is 2.33. The van der Waals surface area contributed by atoms with E-state index in [1.807, 2.05) is 4.72 Å². The van der Waals surface area contributed by atoms with Gasteiger partial charge < -0.3 is 5.73 Å². The molecule has 1 aromatic carbocycles. The molecule has 9 heteroatoms. The van der Waals surface area contributed by atoms with Crippen molar-refractivity contribution in [1.82, 2.24) is 4.72 Å². The van der Waals surface area contributed by atoms with E-state index in [-0.39, 0.29) is 5.69 Å². The van der Waals surface area contributed by atoms with E-state index in [1.54, 1.807) is 20.8 Å². The molecule has 20 heavy (non-hydrogen) atoms. The lowest BCUT2D eigenvalue weighted by atomic mass is 10.1. The lowest BCUT2D eigenvalue weighted by Crippen LogP contribution is -2.43. The molecule has 0 fully saturated rings. The van der Waals surface area contributed by atoms with Crippen LogP contribution in [0.1, 0.15) is 26.3 Å². The monoisotopic (exact) mass is 311 g/mol. The van der Waals surface area contributed by atoms with Crippen LogP contribution in [-0.2, 0) is 16.4 Å². The highest BCUT2D eigenvalue weighted by molar-refractivity contribution is 7.90. The van der Waals surface area contributed by atoms with Gasteiger partial charge in [0.25, 0.3) is 10.2 Å². The van der Waals surface area contributed by atoms with Crippen LogP contribution in [0.5, 0.6) is 0 Å². The van der Waals surface area contributed by atoms with E-state index in [0.717, 1.165) is 12.1 Å². The average molecular weight is 311 g/mol. The fraction of sp³-hybridized carbons (Fsp3) is 0.455. The fourth-order valence-electron chi connectivity index (χ4n) is 1.45. The van der Waals surface area contributed by atoms with Crippen molar-refractivity contribution >= 4 is 21.6 Å². The highest BCUT2D eigenvalue weighted by Gasteiger charge is 2.33. The second-order valence-electron chi connectivity index (χ2n) is 5.26. The third-order valence-electron chi connectivity index (χ3n) is 2.05. The minimum absolute atomic E-state index is 0.219. The number of rotatable bonds is 3. The van der Waals surface area contributed by atoms with Crippen molar-refractivity contribution in [3.63, 3.8) is 0 Å². The van der Waals surface area contributed by atoms with Crippen LogP contribution in [-0.4, -0.2) is 14.0 Å². The molecule has 0 saturated carbocycles. The maximum atomic E-state index is 12.7. The predicted molar refractivity (Wildman–Crippen MR) is 71.3 cm³/mol. The van der Waals surface area contributed by atoms with E-state index >= 15 is 0 Å². The molecule has 1 aromatic rings. The van der Waals surface area contributed by atoms with Gasteiger partial charge in [0.2, 0.25) is 0 Å². The van der Waals surface area contributed by atoms with Gasteiger partial charge in [-0.3, -0.25) is 4.72 Å². The molecule has 0 heterocycles. The fourth-order valence-corrected chi connectivity index (χ4v) is 2.74. The molecule has 0 unspecified atom stereocenters. The Bertz CT molecular complexity index is 592. The van der Waals surface area contributed by atoms with Crippen LogP contribution in [0.3, 0.4) is 0 Å². The molecule has 0 spiro atoms. The molecular weight excluding hydrogens is 295 g/mol. The van der Waals surface area contributed by atoms with E-state index in [4.69, 9.17) is 5.73 Å². The van der Waals surface area contributed by atoms with Crippen LogP contribution in [0, 0.1) is 0 Å². The SMILES string of the molecule is CC(C)(C)NS(=O)(=O)Nc1ccc(N)c(C(F)(F)F)c1. The van der Waals surface area contributed by atoms with Crippen LogP contribution >= 0.6 is 0 Å². The van der Waals surface area contributed by atoms with Crippen molar-refractivity contribution in [3.05, 3.63) is 23.8 Å². The highest BCUT2D eigenvalue weighted by atomic mass is 32.2. The van der Waals surface area contributed by atoms with Gasteiger partial charge in [0.15, 0.2) is 0 Å². The van der Waals surface area contributed by atoms with Crippen LogP contribution < -0.4 is 15.2 Å². The van der Waals surface area contributed by atoms with Gasteiger partial charge in [-0.05, 0) is 39.0 Å². The number of benzene rings is 1. The topological polar surface area (TPSA) is 84.2 Å². The first-order chi connectivity index (χ1) is 8.80.